The van der Waals surface area contributed by atoms with E-state index in [4.69, 9.17) is 28.0 Å². The average Bonchev–Trinajstić information content (AvgIpc) is 3.78. The topological polar surface area (TPSA) is 171 Å². The van der Waals surface area contributed by atoms with Gasteiger partial charge in [0.15, 0.2) is 0 Å². The van der Waals surface area contributed by atoms with E-state index in [1.807, 2.05) is 97.9 Å². The molecule has 1 aromatic heterocycles. The zero-order chi connectivity index (χ0) is 46.3. The molecule has 0 unspecified atom stereocenters. The number of rotatable bonds is 20. The predicted molar refractivity (Wildman–Crippen MR) is 240 cm³/mol. The van der Waals surface area contributed by atoms with Gasteiger partial charge in [-0.05, 0) is 54.8 Å². The molecule has 0 spiro atoms. The van der Waals surface area contributed by atoms with E-state index in [2.05, 4.69) is 0 Å². The summed E-state index contributed by atoms with van der Waals surface area (Å²) < 4.78 is 62.6. The first-order chi connectivity index (χ1) is 31.9. The quantitative estimate of drug-likeness (QED) is 0.0591. The van der Waals surface area contributed by atoms with Crippen molar-refractivity contribution < 1.29 is 46.0 Å². The van der Waals surface area contributed by atoms with Crippen LogP contribution in [-0.2, 0) is 64.6 Å². The number of benzene rings is 5. The molecule has 0 aliphatic carbocycles. The lowest BCUT2D eigenvalue weighted by Gasteiger charge is -2.43. The molecule has 1 fully saturated rings. The first-order valence-electron chi connectivity index (χ1n) is 21.4. The van der Waals surface area contributed by atoms with Crippen LogP contribution in [-0.4, -0.2) is 65.5 Å². The summed E-state index contributed by atoms with van der Waals surface area (Å²) in [5.41, 5.74) is -1.11. The van der Waals surface area contributed by atoms with Gasteiger partial charge in [-0.25, -0.2) is 9.36 Å². The van der Waals surface area contributed by atoms with Gasteiger partial charge in [0.25, 0.3) is 27.5 Å². The normalized spacial score (nSPS) is 19.4. The standard InChI is InChI=1S/C50H49N3O12S/c1-36-22-24-41(25-23-36)66(58,59)64-34-50(33-60-30-38-14-6-3-7-15-38)49(62-32-40-18-10-5-11-19-40,26-27-63-53-46(55)42-20-12-13-21-43(42)47(53)56)28-44(65-50)51-29-37(2)45(54)52(48(51)57)35-61-31-39-16-8-4-9-17-39/h3-25,29,44H,26-28,30-35H2,1-2H3/t44-,49+,50+/m1/s1. The number of aromatic nitrogens is 2. The van der Waals surface area contributed by atoms with E-state index < -0.39 is 57.2 Å². The number of hydroxylamine groups is 2. The van der Waals surface area contributed by atoms with Crippen molar-refractivity contribution in [3.63, 3.8) is 0 Å². The van der Waals surface area contributed by atoms with Gasteiger partial charge in [0.1, 0.15) is 30.8 Å². The number of carbonyl (C=O) groups is 2. The molecule has 0 radical (unpaired) electrons. The lowest BCUT2D eigenvalue weighted by molar-refractivity contribution is -0.221. The van der Waals surface area contributed by atoms with Crippen LogP contribution in [0.3, 0.4) is 0 Å². The molecule has 6 aromatic rings. The highest BCUT2D eigenvalue weighted by molar-refractivity contribution is 7.86. The zero-order valence-electron chi connectivity index (χ0n) is 36.4. The highest BCUT2D eigenvalue weighted by Crippen LogP contribution is 2.50. The first-order valence-corrected chi connectivity index (χ1v) is 22.8. The van der Waals surface area contributed by atoms with Crippen molar-refractivity contribution >= 4 is 21.9 Å². The maximum atomic E-state index is 14.5. The fourth-order valence-corrected chi connectivity index (χ4v) is 9.09. The lowest BCUT2D eigenvalue weighted by Crippen LogP contribution is -2.59. The molecular weight excluding hydrogens is 867 g/mol. The van der Waals surface area contributed by atoms with Crippen LogP contribution < -0.4 is 11.2 Å². The van der Waals surface area contributed by atoms with E-state index in [-0.39, 0.29) is 74.2 Å². The van der Waals surface area contributed by atoms with Crippen molar-refractivity contribution in [2.75, 3.05) is 19.8 Å². The number of imide groups is 1. The molecule has 8 rings (SSSR count). The molecule has 15 nitrogen and oxygen atoms in total. The molecule has 16 heteroatoms. The number of aryl methyl sites for hydroxylation is 2. The monoisotopic (exact) mass is 915 g/mol. The van der Waals surface area contributed by atoms with Crippen LogP contribution in [0.5, 0.6) is 0 Å². The fraction of sp³-hybridized carbons (Fsp3) is 0.280. The molecule has 2 aliphatic rings. The number of amides is 2. The minimum absolute atomic E-state index is 0.0458. The number of fused-ring (bicyclic) bond motifs is 1. The van der Waals surface area contributed by atoms with Crippen LogP contribution in [0.1, 0.15) is 67.6 Å². The van der Waals surface area contributed by atoms with E-state index in [9.17, 15) is 27.6 Å². The molecule has 3 atom stereocenters. The van der Waals surface area contributed by atoms with Crippen LogP contribution >= 0.6 is 0 Å². The molecule has 5 aromatic carbocycles. The van der Waals surface area contributed by atoms with Crippen molar-refractivity contribution in [3.8, 4) is 0 Å². The largest absolute Gasteiger partial charge is 0.374 e. The Bertz CT molecular complexity index is 2860. The Hall–Kier alpha value is -6.37. The number of nitrogens with zero attached hydrogens (tertiary/aromatic N) is 3. The highest BCUT2D eigenvalue weighted by atomic mass is 32.2. The summed E-state index contributed by atoms with van der Waals surface area (Å²) in [5, 5.41) is 0.688. The average molecular weight is 916 g/mol. The summed E-state index contributed by atoms with van der Waals surface area (Å²) in [4.78, 5) is 60.9. The Balaban J connectivity index is 1.21. The van der Waals surface area contributed by atoms with Gasteiger partial charge in [-0.15, -0.1) is 5.06 Å². The summed E-state index contributed by atoms with van der Waals surface area (Å²) in [7, 11) is -4.47. The van der Waals surface area contributed by atoms with E-state index >= 15 is 0 Å². The van der Waals surface area contributed by atoms with Gasteiger partial charge in [0.2, 0.25) is 0 Å². The second kappa shape index (κ2) is 20.0. The van der Waals surface area contributed by atoms with Crippen LogP contribution in [0.4, 0.5) is 0 Å². The molecule has 0 saturated carbocycles. The number of ether oxygens (including phenoxy) is 4. The summed E-state index contributed by atoms with van der Waals surface area (Å²) >= 11 is 0. The SMILES string of the molecule is Cc1ccc(S(=O)(=O)OC[C@]2(COCc3ccccc3)O[C@@H](n3cc(C)c(=O)n(COCc4ccccc4)c3=O)C[C@]2(CCON2C(=O)c3ccccc3C2=O)OCc2ccccc2)cc1. The van der Waals surface area contributed by atoms with Crippen molar-refractivity contribution in [1.29, 1.82) is 0 Å². The van der Waals surface area contributed by atoms with E-state index in [0.29, 0.717) is 5.06 Å². The van der Waals surface area contributed by atoms with Gasteiger partial charge >= 0.3 is 5.69 Å². The molecular formula is C50H49N3O12S. The second-order valence-electron chi connectivity index (χ2n) is 16.3. The molecule has 0 bridgehead atoms. The molecule has 1 saturated heterocycles. The van der Waals surface area contributed by atoms with Gasteiger partial charge in [0.05, 0.1) is 49.1 Å². The Morgan fingerprint density at radius 1 is 0.667 bits per heavy atom. The number of hydrogen-bond acceptors (Lipinski definition) is 12. The van der Waals surface area contributed by atoms with Crippen molar-refractivity contribution in [1.82, 2.24) is 14.2 Å². The molecule has 0 N–H and O–H groups in total. The molecule has 2 aliphatic heterocycles. The van der Waals surface area contributed by atoms with Gasteiger partial charge in [-0.3, -0.25) is 28.0 Å². The second-order valence-corrected chi connectivity index (χ2v) is 17.9. The van der Waals surface area contributed by atoms with Gasteiger partial charge in [-0.1, -0.05) is 121 Å². The summed E-state index contributed by atoms with van der Waals surface area (Å²) in [6.45, 7) is 1.77. The minimum Gasteiger partial charge on any atom is -0.374 e. The third-order valence-corrected chi connectivity index (χ3v) is 13.0. The molecule has 2 amide bonds. The van der Waals surface area contributed by atoms with Crippen LogP contribution in [0.2, 0.25) is 0 Å². The van der Waals surface area contributed by atoms with Crippen molar-refractivity contribution in [2.45, 2.75) is 75.6 Å². The maximum Gasteiger partial charge on any atom is 0.335 e. The summed E-state index contributed by atoms with van der Waals surface area (Å²) in [6, 6.07) is 40.3. The Morgan fingerprint density at radius 3 is 1.80 bits per heavy atom. The van der Waals surface area contributed by atoms with Crippen molar-refractivity contribution in [3.05, 3.63) is 206 Å². The summed E-state index contributed by atoms with van der Waals surface area (Å²) in [5.74, 6) is -1.31. The lowest BCUT2D eigenvalue weighted by atomic mass is 9.80. The molecule has 3 heterocycles. The smallest absolute Gasteiger partial charge is 0.335 e. The first kappa shape index (κ1) is 46.2. The zero-order valence-corrected chi connectivity index (χ0v) is 37.3. The van der Waals surface area contributed by atoms with Crippen LogP contribution in [0, 0.1) is 13.8 Å². The fourth-order valence-electron chi connectivity index (χ4n) is 8.14. The van der Waals surface area contributed by atoms with Crippen LogP contribution in [0.25, 0.3) is 0 Å². The Morgan fingerprint density at radius 2 is 1.21 bits per heavy atom. The van der Waals surface area contributed by atoms with Crippen LogP contribution in [0.15, 0.2) is 160 Å². The van der Waals surface area contributed by atoms with Gasteiger partial charge in [0, 0.05) is 24.6 Å². The molecule has 66 heavy (non-hydrogen) atoms. The van der Waals surface area contributed by atoms with Gasteiger partial charge < -0.3 is 18.9 Å². The third kappa shape index (κ3) is 9.90. The third-order valence-electron chi connectivity index (χ3n) is 11.8. The highest BCUT2D eigenvalue weighted by Gasteiger charge is 2.62. The van der Waals surface area contributed by atoms with E-state index in [1.165, 1.54) is 35.0 Å². The van der Waals surface area contributed by atoms with E-state index in [0.717, 1.165) is 26.8 Å². The summed E-state index contributed by atoms with van der Waals surface area (Å²) in [6.07, 6.45) is -0.167. The van der Waals surface area contributed by atoms with E-state index in [1.54, 1.807) is 31.2 Å². The Labute approximate surface area is 381 Å². The number of carbonyl (C=O) groups excluding carboxylic acids is 2. The number of hydrogen-bond donors (Lipinski definition) is 0. The molecule has 342 valence electrons. The predicted octanol–water partition coefficient (Wildman–Crippen LogP) is 6.65. The maximum absolute atomic E-state index is 14.5. The Kier molecular flexibility index (Phi) is 14.0. The van der Waals surface area contributed by atoms with Crippen molar-refractivity contribution in [2.24, 2.45) is 0 Å². The minimum atomic E-state index is -4.47. The van der Waals surface area contributed by atoms with Gasteiger partial charge in [-0.2, -0.15) is 8.42 Å².